The second kappa shape index (κ2) is 7.51. The molecule has 0 atom stereocenters. The molecule has 2 aromatic rings. The van der Waals surface area contributed by atoms with Gasteiger partial charge in [0.2, 0.25) is 0 Å². The normalized spacial score (nSPS) is 13.4. The number of benzene rings is 1. The molecular weight excluding hydrogens is 320 g/mol. The van der Waals surface area contributed by atoms with Crippen LogP contribution in [0.2, 0.25) is 0 Å². The summed E-state index contributed by atoms with van der Waals surface area (Å²) in [4.78, 5) is 24.1. The summed E-state index contributed by atoms with van der Waals surface area (Å²) < 4.78 is 12.0. The Morgan fingerprint density at radius 2 is 2.00 bits per heavy atom. The second-order valence-electron chi connectivity index (χ2n) is 5.95. The summed E-state index contributed by atoms with van der Waals surface area (Å²) >= 11 is 0. The number of hydrogen-bond acceptors (Lipinski definition) is 5. The van der Waals surface area contributed by atoms with Crippen LogP contribution in [0, 0.1) is 0 Å². The molecule has 132 valence electrons. The molecule has 0 unspecified atom stereocenters. The maximum Gasteiger partial charge on any atom is 0.307 e. The van der Waals surface area contributed by atoms with E-state index in [1.807, 2.05) is 24.3 Å². The Hall–Kier alpha value is -2.63. The molecule has 1 aliphatic rings. The summed E-state index contributed by atoms with van der Waals surface area (Å²) in [6.45, 7) is 2.57. The van der Waals surface area contributed by atoms with Crippen molar-refractivity contribution in [2.75, 3.05) is 13.7 Å². The van der Waals surface area contributed by atoms with Crippen molar-refractivity contribution in [2.24, 2.45) is 0 Å². The Labute approximate surface area is 146 Å². The molecule has 6 heteroatoms. The lowest BCUT2D eigenvalue weighted by Gasteiger charge is -2.13. The highest BCUT2D eigenvalue weighted by Gasteiger charge is 2.27. The maximum atomic E-state index is 12.5. The van der Waals surface area contributed by atoms with E-state index >= 15 is 0 Å². The number of carbonyl (C=O) groups excluding carboxylic acids is 2. The molecule has 0 N–H and O–H groups in total. The molecule has 25 heavy (non-hydrogen) atoms. The third-order valence-corrected chi connectivity index (χ3v) is 4.35. The number of ether oxygens (including phenoxy) is 2. The molecule has 1 aromatic carbocycles. The Morgan fingerprint density at radius 3 is 2.68 bits per heavy atom. The zero-order valence-corrected chi connectivity index (χ0v) is 14.6. The Balaban J connectivity index is 1.94. The van der Waals surface area contributed by atoms with Crippen LogP contribution in [0.3, 0.4) is 0 Å². The first-order valence-electron chi connectivity index (χ1n) is 8.57. The molecule has 0 saturated heterocycles. The van der Waals surface area contributed by atoms with Crippen molar-refractivity contribution in [1.29, 1.82) is 0 Å². The van der Waals surface area contributed by atoms with Crippen LogP contribution in [-0.2, 0) is 22.5 Å². The number of carbonyl (C=O) groups is 2. The largest absolute Gasteiger partial charge is 0.497 e. The van der Waals surface area contributed by atoms with E-state index in [0.29, 0.717) is 30.8 Å². The van der Waals surface area contributed by atoms with Crippen molar-refractivity contribution >= 4 is 11.8 Å². The third kappa shape index (κ3) is 3.57. The van der Waals surface area contributed by atoms with Gasteiger partial charge in [0, 0.05) is 17.7 Å². The molecule has 1 aliphatic carbocycles. The topological polar surface area (TPSA) is 70.4 Å². The van der Waals surface area contributed by atoms with Crippen LogP contribution in [0.5, 0.6) is 5.75 Å². The Bertz CT molecular complexity index is 777. The summed E-state index contributed by atoms with van der Waals surface area (Å²) in [7, 11) is 1.62. The van der Waals surface area contributed by atoms with Crippen molar-refractivity contribution in [3.63, 3.8) is 0 Å². The van der Waals surface area contributed by atoms with Gasteiger partial charge in [0.1, 0.15) is 11.4 Å². The number of methoxy groups -OCH3 is 1. The smallest absolute Gasteiger partial charge is 0.307 e. The first-order chi connectivity index (χ1) is 12.1. The van der Waals surface area contributed by atoms with Gasteiger partial charge in [-0.25, -0.2) is 0 Å². The summed E-state index contributed by atoms with van der Waals surface area (Å²) in [5.74, 6) is 0.625. The molecule has 0 saturated carbocycles. The van der Waals surface area contributed by atoms with Gasteiger partial charge >= 0.3 is 5.97 Å². The van der Waals surface area contributed by atoms with Gasteiger partial charge in [-0.05, 0) is 44.0 Å². The summed E-state index contributed by atoms with van der Waals surface area (Å²) in [5.41, 5.74) is 3.18. The van der Waals surface area contributed by atoms with Crippen molar-refractivity contribution in [2.45, 2.75) is 39.2 Å². The molecule has 0 radical (unpaired) electrons. The fourth-order valence-electron chi connectivity index (χ4n) is 3.15. The average Bonchev–Trinajstić information content (AvgIpc) is 3.00. The van der Waals surface area contributed by atoms with E-state index in [1.54, 1.807) is 18.7 Å². The lowest BCUT2D eigenvalue weighted by molar-refractivity contribution is -0.143. The van der Waals surface area contributed by atoms with E-state index in [0.717, 1.165) is 29.8 Å². The maximum absolute atomic E-state index is 12.5. The number of aromatic nitrogens is 2. The zero-order chi connectivity index (χ0) is 17.8. The van der Waals surface area contributed by atoms with E-state index in [1.165, 1.54) is 0 Å². The number of aryl methyl sites for hydroxylation is 1. The van der Waals surface area contributed by atoms with Crippen LogP contribution >= 0.6 is 0 Å². The predicted molar refractivity (Wildman–Crippen MR) is 92.7 cm³/mol. The van der Waals surface area contributed by atoms with Crippen LogP contribution in [0.4, 0.5) is 0 Å². The second-order valence-corrected chi connectivity index (χ2v) is 5.95. The van der Waals surface area contributed by atoms with E-state index in [4.69, 9.17) is 9.47 Å². The highest BCUT2D eigenvalue weighted by Crippen LogP contribution is 2.32. The quantitative estimate of drug-likeness (QED) is 0.755. The molecule has 0 amide bonds. The zero-order valence-electron chi connectivity index (χ0n) is 14.6. The summed E-state index contributed by atoms with van der Waals surface area (Å²) in [5, 5.41) is 4.65. The highest BCUT2D eigenvalue weighted by atomic mass is 16.5. The molecule has 1 aromatic heterocycles. The van der Waals surface area contributed by atoms with Crippen molar-refractivity contribution < 1.29 is 19.1 Å². The standard InChI is InChI=1S/C19H22N2O4/c1-3-25-17(23)11-12-21-15-5-4-6-16(22)18(15)19(20-21)13-7-9-14(24-2)10-8-13/h7-10H,3-6,11-12H2,1-2H3. The monoisotopic (exact) mass is 342 g/mol. The van der Waals surface area contributed by atoms with Crippen LogP contribution < -0.4 is 4.74 Å². The first-order valence-corrected chi connectivity index (χ1v) is 8.57. The van der Waals surface area contributed by atoms with E-state index in [-0.39, 0.29) is 18.2 Å². The fourth-order valence-corrected chi connectivity index (χ4v) is 3.15. The number of nitrogens with zero attached hydrogens (tertiary/aromatic N) is 2. The van der Waals surface area contributed by atoms with Gasteiger partial charge in [0.25, 0.3) is 0 Å². The van der Waals surface area contributed by atoms with Crippen LogP contribution in [-0.4, -0.2) is 35.2 Å². The number of hydrogen-bond donors (Lipinski definition) is 0. The molecule has 1 heterocycles. The molecular formula is C19H22N2O4. The van der Waals surface area contributed by atoms with Crippen molar-refractivity contribution in [3.05, 3.63) is 35.5 Å². The number of ketones is 1. The minimum atomic E-state index is -0.250. The fraction of sp³-hybridized carbons (Fsp3) is 0.421. The summed E-state index contributed by atoms with van der Waals surface area (Å²) in [6.07, 6.45) is 2.41. The van der Waals surface area contributed by atoms with Gasteiger partial charge in [-0.3, -0.25) is 14.3 Å². The highest BCUT2D eigenvalue weighted by molar-refractivity contribution is 6.03. The van der Waals surface area contributed by atoms with Crippen LogP contribution in [0.25, 0.3) is 11.3 Å². The number of esters is 1. The summed E-state index contributed by atoms with van der Waals surface area (Å²) in [6, 6.07) is 7.51. The van der Waals surface area contributed by atoms with Gasteiger partial charge < -0.3 is 9.47 Å². The molecule has 3 rings (SSSR count). The third-order valence-electron chi connectivity index (χ3n) is 4.35. The Kier molecular flexibility index (Phi) is 5.16. The lowest BCUT2D eigenvalue weighted by Crippen LogP contribution is -2.16. The van der Waals surface area contributed by atoms with Gasteiger partial charge in [-0.15, -0.1) is 0 Å². The first kappa shape index (κ1) is 17.2. The number of fused-ring (bicyclic) bond motifs is 1. The van der Waals surface area contributed by atoms with Crippen LogP contribution in [0.15, 0.2) is 24.3 Å². The van der Waals surface area contributed by atoms with Gasteiger partial charge in [-0.1, -0.05) is 0 Å². The molecule has 0 bridgehead atoms. The number of rotatable bonds is 6. The lowest BCUT2D eigenvalue weighted by atomic mass is 9.92. The minimum Gasteiger partial charge on any atom is -0.497 e. The van der Waals surface area contributed by atoms with Crippen molar-refractivity contribution in [3.8, 4) is 17.0 Å². The SMILES string of the molecule is CCOC(=O)CCn1nc(-c2ccc(OC)cc2)c2c1CCCC2=O. The minimum absolute atomic E-state index is 0.120. The van der Waals surface area contributed by atoms with E-state index in [9.17, 15) is 9.59 Å². The van der Waals surface area contributed by atoms with Crippen LogP contribution in [0.1, 0.15) is 42.2 Å². The van der Waals surface area contributed by atoms with Gasteiger partial charge in [-0.2, -0.15) is 5.10 Å². The predicted octanol–water partition coefficient (Wildman–Crippen LogP) is 3.03. The van der Waals surface area contributed by atoms with Gasteiger partial charge in [0.05, 0.1) is 32.2 Å². The number of Topliss-reactive ketones (excluding diaryl/α,β-unsaturated/α-hetero) is 1. The molecule has 0 spiro atoms. The van der Waals surface area contributed by atoms with Gasteiger partial charge in [0.15, 0.2) is 5.78 Å². The van der Waals surface area contributed by atoms with E-state index in [2.05, 4.69) is 5.10 Å². The average molecular weight is 342 g/mol. The van der Waals surface area contributed by atoms with E-state index < -0.39 is 0 Å². The molecule has 0 fully saturated rings. The Morgan fingerprint density at radius 1 is 1.24 bits per heavy atom. The van der Waals surface area contributed by atoms with Crippen molar-refractivity contribution in [1.82, 2.24) is 9.78 Å². The molecule has 0 aliphatic heterocycles. The molecule has 6 nitrogen and oxygen atoms in total.